The Morgan fingerprint density at radius 1 is 1.03 bits per heavy atom. The van der Waals surface area contributed by atoms with E-state index in [4.69, 9.17) is 9.72 Å². The van der Waals surface area contributed by atoms with Crippen LogP contribution in [-0.2, 0) is 12.8 Å². The van der Waals surface area contributed by atoms with Crippen molar-refractivity contribution in [3.63, 3.8) is 0 Å². The van der Waals surface area contributed by atoms with Crippen LogP contribution < -0.4 is 19.9 Å². The van der Waals surface area contributed by atoms with Crippen molar-refractivity contribution in [1.29, 1.82) is 0 Å². The summed E-state index contributed by atoms with van der Waals surface area (Å²) in [7, 11) is 7.40. The summed E-state index contributed by atoms with van der Waals surface area (Å²) in [5, 5.41) is 3.19. The van der Waals surface area contributed by atoms with Crippen LogP contribution in [-0.4, -0.2) is 74.1 Å². The van der Waals surface area contributed by atoms with E-state index in [-0.39, 0.29) is 17.9 Å². The predicted octanol–water partition coefficient (Wildman–Crippen LogP) is 3.45. The first-order chi connectivity index (χ1) is 18.4. The highest BCUT2D eigenvalue weighted by molar-refractivity contribution is 6.13. The summed E-state index contributed by atoms with van der Waals surface area (Å²) < 4.78 is 5.59. The molecule has 2 aliphatic rings. The second-order valence-electron chi connectivity index (χ2n) is 10.0. The van der Waals surface area contributed by atoms with Crippen LogP contribution in [0, 0.1) is 0 Å². The number of hydrogen-bond donors (Lipinski definition) is 1. The lowest BCUT2D eigenvalue weighted by atomic mass is 10.0. The van der Waals surface area contributed by atoms with Crippen LogP contribution in [0.5, 0.6) is 5.75 Å². The Morgan fingerprint density at radius 2 is 1.79 bits per heavy atom. The van der Waals surface area contributed by atoms with Crippen molar-refractivity contribution in [3.05, 3.63) is 71.2 Å². The molecule has 38 heavy (non-hydrogen) atoms. The molecule has 0 aliphatic carbocycles. The number of aromatic nitrogens is 2. The predicted molar refractivity (Wildman–Crippen MR) is 148 cm³/mol. The van der Waals surface area contributed by atoms with Gasteiger partial charge >= 0.3 is 0 Å². The van der Waals surface area contributed by atoms with Crippen LogP contribution in [0.15, 0.2) is 48.7 Å². The number of nitrogens with one attached hydrogen (secondary N) is 1. The normalized spacial score (nSPS) is 16.1. The molecule has 198 valence electrons. The first-order valence-electron chi connectivity index (χ1n) is 13.0. The topological polar surface area (TPSA) is 90.9 Å². The van der Waals surface area contributed by atoms with Crippen LogP contribution in [0.3, 0.4) is 0 Å². The number of para-hydroxylation sites is 1. The van der Waals surface area contributed by atoms with Gasteiger partial charge in [-0.15, -0.1) is 0 Å². The molecule has 9 heteroatoms. The summed E-state index contributed by atoms with van der Waals surface area (Å²) in [6.07, 6.45) is 4.78. The average Bonchev–Trinajstić information content (AvgIpc) is 3.02. The number of fused-ring (bicyclic) bond motifs is 2. The van der Waals surface area contributed by atoms with E-state index in [9.17, 15) is 9.59 Å². The van der Waals surface area contributed by atoms with Crippen molar-refractivity contribution in [2.24, 2.45) is 0 Å². The lowest BCUT2D eigenvalue weighted by Gasteiger charge is -2.29. The molecule has 5 rings (SSSR count). The molecule has 0 spiro atoms. The van der Waals surface area contributed by atoms with Gasteiger partial charge in [-0.3, -0.25) is 9.59 Å². The maximum atomic E-state index is 13.0. The lowest BCUT2D eigenvalue weighted by Crippen LogP contribution is -2.43. The smallest absolute Gasteiger partial charge is 0.260 e. The van der Waals surface area contributed by atoms with Crippen LogP contribution in [0.25, 0.3) is 0 Å². The molecule has 0 bridgehead atoms. The number of nitrogens with zero attached hydrogens (tertiary/aromatic N) is 5. The Labute approximate surface area is 223 Å². The fourth-order valence-electron chi connectivity index (χ4n) is 5.14. The molecule has 2 aromatic carbocycles. The SMILES string of the molecule is COc1ccc(C(=O)NC2CCN(C)CC2)cc1CCc1ncc2c(n1)N(C)c1ccccc1C(=O)N2C. The van der Waals surface area contributed by atoms with E-state index < -0.39 is 0 Å². The van der Waals surface area contributed by atoms with E-state index in [1.165, 1.54) is 0 Å². The second-order valence-corrected chi connectivity index (χ2v) is 10.0. The number of hydrogen-bond acceptors (Lipinski definition) is 7. The standard InChI is InChI=1S/C29H34N6O3/c1-33-15-13-21(14-16-33)31-28(36)20-9-11-25(38-4)19(17-20)10-12-26-30-18-24-27(32-26)34(2)23-8-6-5-7-22(23)29(37)35(24)3/h5-9,11,17-18,21H,10,12-16H2,1-4H3,(H,31,36). The van der Waals surface area contributed by atoms with Gasteiger partial charge in [0.1, 0.15) is 17.3 Å². The van der Waals surface area contributed by atoms with E-state index in [2.05, 4.69) is 22.2 Å². The van der Waals surface area contributed by atoms with Crippen molar-refractivity contribution in [3.8, 4) is 5.75 Å². The number of methoxy groups -OCH3 is 1. The number of amides is 2. The zero-order chi connectivity index (χ0) is 26.8. The molecular formula is C29H34N6O3. The summed E-state index contributed by atoms with van der Waals surface area (Å²) in [5.74, 6) is 1.90. The molecule has 0 atom stereocenters. The Hall–Kier alpha value is -3.98. The lowest BCUT2D eigenvalue weighted by molar-refractivity contribution is 0.0916. The molecule has 0 unspecified atom stereocenters. The molecule has 2 amide bonds. The summed E-state index contributed by atoms with van der Waals surface area (Å²) in [6, 6.07) is 13.3. The molecule has 1 fully saturated rings. The highest BCUT2D eigenvalue weighted by Crippen LogP contribution is 2.37. The Morgan fingerprint density at radius 3 is 2.55 bits per heavy atom. The van der Waals surface area contributed by atoms with Gasteiger partial charge in [0, 0.05) is 32.1 Å². The van der Waals surface area contributed by atoms with Crippen LogP contribution in [0.2, 0.25) is 0 Å². The molecule has 3 aromatic rings. The van der Waals surface area contributed by atoms with Gasteiger partial charge in [0.2, 0.25) is 0 Å². The molecular weight excluding hydrogens is 480 g/mol. The quantitative estimate of drug-likeness (QED) is 0.539. The summed E-state index contributed by atoms with van der Waals surface area (Å²) in [4.78, 5) is 41.2. The molecule has 9 nitrogen and oxygen atoms in total. The second kappa shape index (κ2) is 10.8. The van der Waals surface area contributed by atoms with Crippen molar-refractivity contribution in [2.75, 3.05) is 51.1 Å². The highest BCUT2D eigenvalue weighted by atomic mass is 16.5. The van der Waals surface area contributed by atoms with Gasteiger partial charge in [-0.05, 0) is 75.3 Å². The van der Waals surface area contributed by atoms with Crippen molar-refractivity contribution in [1.82, 2.24) is 20.2 Å². The maximum absolute atomic E-state index is 13.0. The molecule has 1 saturated heterocycles. The number of carbonyl (C=O) groups is 2. The van der Waals surface area contributed by atoms with Gasteiger partial charge < -0.3 is 24.8 Å². The van der Waals surface area contributed by atoms with Gasteiger partial charge in [0.05, 0.1) is 24.6 Å². The number of benzene rings is 2. The number of aryl methyl sites for hydroxylation is 2. The van der Waals surface area contributed by atoms with Crippen molar-refractivity contribution >= 4 is 29.0 Å². The molecule has 0 radical (unpaired) electrons. The first kappa shape index (κ1) is 25.7. The fourth-order valence-corrected chi connectivity index (χ4v) is 5.14. The van der Waals surface area contributed by atoms with Gasteiger partial charge in [0.15, 0.2) is 5.82 Å². The number of likely N-dealkylation sites (tertiary alicyclic amines) is 1. The fraction of sp³-hybridized carbons (Fsp3) is 0.379. The third-order valence-corrected chi connectivity index (χ3v) is 7.49. The maximum Gasteiger partial charge on any atom is 0.260 e. The molecule has 2 aliphatic heterocycles. The number of anilines is 3. The van der Waals surface area contributed by atoms with E-state index in [1.807, 2.05) is 54.4 Å². The number of piperidine rings is 1. The highest BCUT2D eigenvalue weighted by Gasteiger charge is 2.28. The molecule has 0 saturated carbocycles. The number of carbonyl (C=O) groups excluding carboxylic acids is 2. The number of rotatable bonds is 6. The van der Waals surface area contributed by atoms with Gasteiger partial charge in [0.25, 0.3) is 11.8 Å². The van der Waals surface area contributed by atoms with Gasteiger partial charge in [-0.2, -0.15) is 0 Å². The Bertz CT molecular complexity index is 1350. The molecule has 3 heterocycles. The zero-order valence-electron chi connectivity index (χ0n) is 22.4. The Kier molecular flexibility index (Phi) is 7.28. The minimum atomic E-state index is -0.0948. The van der Waals surface area contributed by atoms with Crippen LogP contribution >= 0.6 is 0 Å². The molecule has 1 aromatic heterocycles. The van der Waals surface area contributed by atoms with E-state index >= 15 is 0 Å². The van der Waals surface area contributed by atoms with Gasteiger partial charge in [-0.25, -0.2) is 9.97 Å². The monoisotopic (exact) mass is 514 g/mol. The molecule has 1 N–H and O–H groups in total. The van der Waals surface area contributed by atoms with Crippen LogP contribution in [0.4, 0.5) is 17.2 Å². The van der Waals surface area contributed by atoms with E-state index in [0.29, 0.717) is 41.3 Å². The number of ether oxygens (including phenoxy) is 1. The minimum absolute atomic E-state index is 0.0577. The average molecular weight is 515 g/mol. The van der Waals surface area contributed by atoms with Gasteiger partial charge in [-0.1, -0.05) is 12.1 Å². The zero-order valence-corrected chi connectivity index (χ0v) is 22.4. The summed E-state index contributed by atoms with van der Waals surface area (Å²) in [6.45, 7) is 1.98. The summed E-state index contributed by atoms with van der Waals surface area (Å²) in [5.41, 5.74) is 3.63. The first-order valence-corrected chi connectivity index (χ1v) is 13.0. The summed E-state index contributed by atoms with van der Waals surface area (Å²) >= 11 is 0. The largest absolute Gasteiger partial charge is 0.496 e. The van der Waals surface area contributed by atoms with E-state index in [1.54, 1.807) is 25.3 Å². The van der Waals surface area contributed by atoms with Crippen LogP contribution in [0.1, 0.15) is 44.9 Å². The van der Waals surface area contributed by atoms with Crippen molar-refractivity contribution < 1.29 is 14.3 Å². The Balaban J connectivity index is 1.35. The van der Waals surface area contributed by atoms with Crippen molar-refractivity contribution in [2.45, 2.75) is 31.7 Å². The van der Waals surface area contributed by atoms with E-state index in [0.717, 1.165) is 42.9 Å². The third kappa shape index (κ3) is 5.06. The minimum Gasteiger partial charge on any atom is -0.496 e. The third-order valence-electron chi connectivity index (χ3n) is 7.49.